The maximum absolute atomic E-state index is 11.5. The van der Waals surface area contributed by atoms with Gasteiger partial charge in [0.1, 0.15) is 0 Å². The fourth-order valence-electron chi connectivity index (χ4n) is 1.42. The van der Waals surface area contributed by atoms with Crippen molar-refractivity contribution in [1.29, 1.82) is 0 Å². The van der Waals surface area contributed by atoms with Crippen LogP contribution in [0, 0.1) is 4.77 Å². The largest absolute Gasteiger partial charge is 0.494 e. The highest BCUT2D eigenvalue weighted by Crippen LogP contribution is 2.10. The van der Waals surface area contributed by atoms with Gasteiger partial charge in [0.05, 0.1) is 11.3 Å². The van der Waals surface area contributed by atoms with E-state index < -0.39 is 5.56 Å². The van der Waals surface area contributed by atoms with E-state index >= 15 is 0 Å². The second-order valence-electron chi connectivity index (χ2n) is 3.64. The van der Waals surface area contributed by atoms with Crippen LogP contribution in [0.3, 0.4) is 0 Å². The van der Waals surface area contributed by atoms with Crippen LogP contribution >= 0.6 is 12.2 Å². The number of benzene rings is 1. The molecule has 6 heteroatoms. The van der Waals surface area contributed by atoms with Gasteiger partial charge in [-0.1, -0.05) is 18.2 Å². The van der Waals surface area contributed by atoms with Gasteiger partial charge in [-0.05, 0) is 36.5 Å². The molecule has 2 rings (SSSR count). The topological polar surface area (TPSA) is 81.2 Å². The fraction of sp³-hybridized carbons (Fsp3) is 0. The van der Waals surface area contributed by atoms with Crippen LogP contribution in [-0.4, -0.2) is 21.3 Å². The van der Waals surface area contributed by atoms with E-state index in [4.69, 9.17) is 12.2 Å². The lowest BCUT2D eigenvalue weighted by atomic mass is 10.3. The highest BCUT2D eigenvalue weighted by Gasteiger charge is 2.02. The van der Waals surface area contributed by atoms with Crippen LogP contribution in [0.25, 0.3) is 6.08 Å². The quantitative estimate of drug-likeness (QED) is 0.594. The number of hydrogen-bond acceptors (Lipinski definition) is 4. The van der Waals surface area contributed by atoms with Gasteiger partial charge < -0.3 is 10.1 Å². The summed E-state index contributed by atoms with van der Waals surface area (Å²) in [6.45, 7) is 0. The molecule has 0 aliphatic rings. The van der Waals surface area contributed by atoms with Crippen molar-refractivity contribution in [2.75, 3.05) is 0 Å². The van der Waals surface area contributed by atoms with Crippen molar-refractivity contribution < 1.29 is 5.11 Å². The molecular formula is C13H11N3O2S. The van der Waals surface area contributed by atoms with E-state index in [0.29, 0.717) is 0 Å². The number of H-pyrrole nitrogens is 2. The molecule has 1 aromatic carbocycles. The van der Waals surface area contributed by atoms with E-state index in [1.807, 2.05) is 30.3 Å². The number of nitrogens with one attached hydrogen (secondary N) is 2. The van der Waals surface area contributed by atoms with Crippen LogP contribution < -0.4 is 5.56 Å². The summed E-state index contributed by atoms with van der Waals surface area (Å²) in [6, 6.07) is 9.37. The van der Waals surface area contributed by atoms with Gasteiger partial charge in [0, 0.05) is 6.21 Å². The Labute approximate surface area is 114 Å². The first kappa shape index (κ1) is 13.0. The molecule has 0 saturated heterocycles. The number of para-hydroxylation sites is 1. The van der Waals surface area contributed by atoms with Gasteiger partial charge in [0.2, 0.25) is 5.88 Å². The first-order valence-electron chi connectivity index (χ1n) is 5.48. The Hall–Kier alpha value is -2.47. The molecule has 0 fully saturated rings. The first-order valence-corrected chi connectivity index (χ1v) is 5.89. The van der Waals surface area contributed by atoms with E-state index in [2.05, 4.69) is 15.0 Å². The number of rotatable bonds is 3. The van der Waals surface area contributed by atoms with Gasteiger partial charge in [-0.3, -0.25) is 14.8 Å². The number of nitrogens with zero attached hydrogens (tertiary/aromatic N) is 1. The summed E-state index contributed by atoms with van der Waals surface area (Å²) in [7, 11) is 0. The molecule has 1 heterocycles. The zero-order chi connectivity index (χ0) is 13.7. The van der Waals surface area contributed by atoms with Gasteiger partial charge in [-0.15, -0.1) is 0 Å². The third-order valence-corrected chi connectivity index (χ3v) is 2.49. The van der Waals surface area contributed by atoms with Crippen molar-refractivity contribution in [3.63, 3.8) is 0 Å². The fourth-order valence-corrected chi connectivity index (χ4v) is 1.61. The number of hydrogen-bond donors (Lipinski definition) is 3. The minimum atomic E-state index is -0.453. The summed E-state index contributed by atoms with van der Waals surface area (Å²) in [4.78, 5) is 20.5. The molecule has 0 bridgehead atoms. The maximum atomic E-state index is 11.5. The molecule has 3 N–H and O–H groups in total. The highest BCUT2D eigenvalue weighted by atomic mass is 32.1. The van der Waals surface area contributed by atoms with Crippen molar-refractivity contribution in [2.45, 2.75) is 0 Å². The molecule has 0 aliphatic heterocycles. The Balaban J connectivity index is 2.19. The lowest BCUT2D eigenvalue weighted by Crippen LogP contribution is -2.10. The van der Waals surface area contributed by atoms with Crippen LogP contribution in [0.15, 0.2) is 46.2 Å². The molecule has 1 aromatic heterocycles. The molecule has 0 amide bonds. The summed E-state index contributed by atoms with van der Waals surface area (Å²) in [5.74, 6) is -0.266. The van der Waals surface area contributed by atoms with E-state index in [9.17, 15) is 9.90 Å². The number of aliphatic imine (C=N–C) groups is 1. The maximum Gasteiger partial charge on any atom is 0.262 e. The monoisotopic (exact) mass is 273 g/mol. The molecule has 0 aliphatic carbocycles. The van der Waals surface area contributed by atoms with Crippen molar-refractivity contribution >= 4 is 30.2 Å². The van der Waals surface area contributed by atoms with E-state index in [-0.39, 0.29) is 16.2 Å². The van der Waals surface area contributed by atoms with E-state index in [0.717, 1.165) is 5.69 Å². The Morgan fingerprint density at radius 2 is 1.95 bits per heavy atom. The average molecular weight is 273 g/mol. The van der Waals surface area contributed by atoms with Gasteiger partial charge in [0.25, 0.3) is 5.56 Å². The molecule has 0 unspecified atom stereocenters. The number of aromatic nitrogens is 2. The number of allylic oxidation sites excluding steroid dienone is 1. The van der Waals surface area contributed by atoms with Crippen molar-refractivity contribution in [2.24, 2.45) is 4.99 Å². The summed E-state index contributed by atoms with van der Waals surface area (Å²) in [5.41, 5.74) is 0.455. The Morgan fingerprint density at radius 3 is 2.63 bits per heavy atom. The predicted molar refractivity (Wildman–Crippen MR) is 77.5 cm³/mol. The molecule has 0 saturated carbocycles. The van der Waals surface area contributed by atoms with E-state index in [1.54, 1.807) is 6.08 Å². The molecule has 96 valence electrons. The summed E-state index contributed by atoms with van der Waals surface area (Å²) >= 11 is 4.72. The standard InChI is InChI=1S/C13H11N3O2S/c17-11-10(12(18)16-13(19)15-11)7-4-8-14-9-5-2-1-3-6-9/h1-8H,(H3,15,16,17,18,19)/b7-4+,14-8?. The Kier molecular flexibility index (Phi) is 4.04. The lowest BCUT2D eigenvalue weighted by molar-refractivity contribution is 0.448. The van der Waals surface area contributed by atoms with Crippen molar-refractivity contribution in [3.05, 3.63) is 57.1 Å². The first-order chi connectivity index (χ1) is 9.16. The number of aromatic amines is 2. The second kappa shape index (κ2) is 5.92. The molecule has 0 atom stereocenters. The molecule has 2 aromatic rings. The predicted octanol–water partition coefficient (Wildman–Crippen LogP) is 2.55. The normalized spacial score (nSPS) is 11.4. The van der Waals surface area contributed by atoms with Crippen LogP contribution in [0.5, 0.6) is 5.88 Å². The van der Waals surface area contributed by atoms with Gasteiger partial charge in [-0.2, -0.15) is 0 Å². The zero-order valence-electron chi connectivity index (χ0n) is 9.83. The summed E-state index contributed by atoms with van der Waals surface area (Å²) in [5, 5.41) is 9.55. The van der Waals surface area contributed by atoms with Crippen LogP contribution in [0.4, 0.5) is 5.69 Å². The minimum Gasteiger partial charge on any atom is -0.494 e. The second-order valence-corrected chi connectivity index (χ2v) is 4.05. The van der Waals surface area contributed by atoms with E-state index in [1.165, 1.54) is 12.3 Å². The molecule has 19 heavy (non-hydrogen) atoms. The Morgan fingerprint density at radius 1 is 1.21 bits per heavy atom. The van der Waals surface area contributed by atoms with Gasteiger partial charge in [0.15, 0.2) is 4.77 Å². The molecule has 5 nitrogen and oxygen atoms in total. The van der Waals surface area contributed by atoms with Crippen molar-refractivity contribution in [1.82, 2.24) is 9.97 Å². The third-order valence-electron chi connectivity index (χ3n) is 2.29. The Bertz CT molecular complexity index is 730. The van der Waals surface area contributed by atoms with Crippen LogP contribution in [-0.2, 0) is 0 Å². The van der Waals surface area contributed by atoms with Gasteiger partial charge in [-0.25, -0.2) is 0 Å². The van der Waals surface area contributed by atoms with Gasteiger partial charge >= 0.3 is 0 Å². The molecule has 0 spiro atoms. The highest BCUT2D eigenvalue weighted by molar-refractivity contribution is 7.71. The lowest BCUT2D eigenvalue weighted by Gasteiger charge is -1.96. The summed E-state index contributed by atoms with van der Waals surface area (Å²) < 4.78 is 0.0811. The van der Waals surface area contributed by atoms with Crippen molar-refractivity contribution in [3.8, 4) is 5.88 Å². The van der Waals surface area contributed by atoms with Crippen LogP contribution in [0.2, 0.25) is 0 Å². The summed E-state index contributed by atoms with van der Waals surface area (Å²) in [6.07, 6.45) is 4.55. The minimum absolute atomic E-state index is 0.0811. The SMILES string of the molecule is O=c1[nH]c(=S)[nH]c(O)c1/C=C/C=Nc1ccccc1. The average Bonchev–Trinajstić information content (AvgIpc) is 2.38. The smallest absolute Gasteiger partial charge is 0.262 e. The molecule has 0 radical (unpaired) electrons. The van der Waals surface area contributed by atoms with Crippen LogP contribution in [0.1, 0.15) is 5.56 Å². The number of aromatic hydroxyl groups is 1. The molecular weight excluding hydrogens is 262 g/mol. The zero-order valence-corrected chi connectivity index (χ0v) is 10.6. The third kappa shape index (κ3) is 3.49.